The lowest BCUT2D eigenvalue weighted by atomic mass is 9.96. The zero-order chi connectivity index (χ0) is 11.7. The van der Waals surface area contributed by atoms with E-state index in [1.54, 1.807) is 4.68 Å². The number of aryl methyl sites for hydroxylation is 1. The lowest BCUT2D eigenvalue weighted by Gasteiger charge is -2.27. The Bertz CT molecular complexity index is 435. The van der Waals surface area contributed by atoms with E-state index in [1.165, 1.54) is 11.1 Å². The molecule has 0 amide bonds. The van der Waals surface area contributed by atoms with Gasteiger partial charge in [0.05, 0.1) is 17.2 Å². The summed E-state index contributed by atoms with van der Waals surface area (Å²) in [5.74, 6) is 0. The van der Waals surface area contributed by atoms with Crippen LogP contribution in [0.15, 0.2) is 24.0 Å². The van der Waals surface area contributed by atoms with Crippen molar-refractivity contribution in [3.05, 3.63) is 29.6 Å². The maximum Gasteiger partial charge on any atom is 0.0968 e. The second-order valence-corrected chi connectivity index (χ2v) is 4.64. The molecule has 1 aliphatic rings. The summed E-state index contributed by atoms with van der Waals surface area (Å²) in [6, 6.07) is 0.102. The first-order valence-corrected chi connectivity index (χ1v) is 5.71. The van der Waals surface area contributed by atoms with E-state index in [1.807, 2.05) is 19.4 Å². The summed E-state index contributed by atoms with van der Waals surface area (Å²) in [5, 5.41) is 7.37. The number of hydrogen-bond donors (Lipinski definition) is 2. The third-order valence-corrected chi connectivity index (χ3v) is 3.17. The van der Waals surface area contributed by atoms with Crippen molar-refractivity contribution in [3.8, 4) is 0 Å². The van der Waals surface area contributed by atoms with Crippen LogP contribution in [0.5, 0.6) is 0 Å². The van der Waals surface area contributed by atoms with E-state index in [9.17, 15) is 0 Å². The number of nitrogens with two attached hydrogens (primary N) is 1. The molecule has 2 heterocycles. The topological polar surface area (TPSA) is 55.9 Å². The van der Waals surface area contributed by atoms with Gasteiger partial charge in [-0.25, -0.2) is 0 Å². The van der Waals surface area contributed by atoms with E-state index < -0.39 is 0 Å². The minimum Gasteiger partial charge on any atom is -0.372 e. The molecule has 2 rings (SSSR count). The molecule has 1 unspecified atom stereocenters. The maximum absolute atomic E-state index is 5.89. The van der Waals surface area contributed by atoms with Crippen LogP contribution in [0.3, 0.4) is 0 Å². The number of nitrogens with zero attached hydrogens (tertiary/aromatic N) is 2. The summed E-state index contributed by atoms with van der Waals surface area (Å²) >= 11 is 5.13. The van der Waals surface area contributed by atoms with Crippen molar-refractivity contribution < 1.29 is 0 Å². The summed E-state index contributed by atoms with van der Waals surface area (Å²) < 4.78 is 1.81. The van der Waals surface area contributed by atoms with Gasteiger partial charge in [0, 0.05) is 19.3 Å². The molecular formula is C11H16N4S. The highest BCUT2D eigenvalue weighted by Gasteiger charge is 2.20. The quantitative estimate of drug-likeness (QED) is 0.581. The monoisotopic (exact) mass is 236 g/mol. The Kier molecular flexibility index (Phi) is 3.07. The van der Waals surface area contributed by atoms with E-state index in [0.29, 0.717) is 0 Å². The normalized spacial score (nSPS) is 25.2. The van der Waals surface area contributed by atoms with Crippen LogP contribution in [-0.4, -0.2) is 26.9 Å². The van der Waals surface area contributed by atoms with Gasteiger partial charge < -0.3 is 11.1 Å². The number of nitrogens with one attached hydrogen (secondary N) is 1. The van der Waals surface area contributed by atoms with E-state index in [-0.39, 0.29) is 12.1 Å². The molecule has 0 radical (unpaired) electrons. The maximum atomic E-state index is 5.89. The SMILES string of the molecule is CC1NC(=S)[C@H](N)C=C1Cc1cnn(C)c1. The predicted molar refractivity (Wildman–Crippen MR) is 68.2 cm³/mol. The van der Waals surface area contributed by atoms with Gasteiger partial charge in [-0.05, 0) is 24.5 Å². The Morgan fingerprint density at radius 3 is 3.00 bits per heavy atom. The zero-order valence-electron chi connectivity index (χ0n) is 9.47. The van der Waals surface area contributed by atoms with Crippen LogP contribution in [-0.2, 0) is 13.5 Å². The molecule has 0 saturated heterocycles. The molecule has 2 atom stereocenters. The van der Waals surface area contributed by atoms with Crippen LogP contribution in [0.1, 0.15) is 12.5 Å². The van der Waals surface area contributed by atoms with Crippen molar-refractivity contribution in [3.63, 3.8) is 0 Å². The van der Waals surface area contributed by atoms with Gasteiger partial charge in [-0.2, -0.15) is 5.10 Å². The number of hydrogen-bond acceptors (Lipinski definition) is 3. The molecule has 4 nitrogen and oxygen atoms in total. The van der Waals surface area contributed by atoms with E-state index in [4.69, 9.17) is 18.0 Å². The fraction of sp³-hybridized carbons (Fsp3) is 0.455. The third-order valence-electron chi connectivity index (χ3n) is 2.78. The molecule has 0 aromatic carbocycles. The summed E-state index contributed by atoms with van der Waals surface area (Å²) in [5.41, 5.74) is 8.36. The van der Waals surface area contributed by atoms with E-state index in [0.717, 1.165) is 11.4 Å². The van der Waals surface area contributed by atoms with Gasteiger partial charge in [-0.1, -0.05) is 18.3 Å². The summed E-state index contributed by atoms with van der Waals surface area (Å²) in [7, 11) is 1.92. The van der Waals surface area contributed by atoms with Gasteiger partial charge in [-0.15, -0.1) is 0 Å². The highest BCUT2D eigenvalue weighted by Crippen LogP contribution is 2.15. The van der Waals surface area contributed by atoms with Crippen LogP contribution in [0.4, 0.5) is 0 Å². The minimum absolute atomic E-state index is 0.155. The fourth-order valence-electron chi connectivity index (χ4n) is 1.86. The van der Waals surface area contributed by atoms with E-state index in [2.05, 4.69) is 23.4 Å². The Morgan fingerprint density at radius 2 is 2.38 bits per heavy atom. The average Bonchev–Trinajstić information content (AvgIpc) is 2.60. The molecule has 1 aromatic rings. The van der Waals surface area contributed by atoms with Crippen LogP contribution in [0.25, 0.3) is 0 Å². The van der Waals surface area contributed by atoms with Crippen molar-refractivity contribution in [2.75, 3.05) is 0 Å². The molecule has 0 saturated carbocycles. The first-order valence-electron chi connectivity index (χ1n) is 5.30. The lowest BCUT2D eigenvalue weighted by molar-refractivity contribution is 0.698. The lowest BCUT2D eigenvalue weighted by Crippen LogP contribution is -2.47. The molecular weight excluding hydrogens is 220 g/mol. The number of rotatable bonds is 2. The van der Waals surface area contributed by atoms with Crippen molar-refractivity contribution in [2.24, 2.45) is 12.8 Å². The molecule has 0 aliphatic carbocycles. The highest BCUT2D eigenvalue weighted by molar-refractivity contribution is 7.80. The van der Waals surface area contributed by atoms with E-state index >= 15 is 0 Å². The first-order chi connectivity index (χ1) is 7.56. The van der Waals surface area contributed by atoms with Crippen molar-refractivity contribution in [1.82, 2.24) is 15.1 Å². The standard InChI is InChI=1S/C11H16N4S/c1-7-9(4-10(12)11(16)14-7)3-8-5-13-15(2)6-8/h4-7,10H,3,12H2,1-2H3,(H,14,16)/t7?,10-/m1/s1. The Balaban J connectivity index is 2.15. The van der Waals surface area contributed by atoms with Gasteiger partial charge >= 0.3 is 0 Å². The molecule has 0 spiro atoms. The van der Waals surface area contributed by atoms with Crippen LogP contribution < -0.4 is 11.1 Å². The molecule has 1 aromatic heterocycles. The number of aromatic nitrogens is 2. The Morgan fingerprint density at radius 1 is 1.62 bits per heavy atom. The Labute approximate surface area is 101 Å². The smallest absolute Gasteiger partial charge is 0.0968 e. The highest BCUT2D eigenvalue weighted by atomic mass is 32.1. The Hall–Kier alpha value is -1.20. The summed E-state index contributed by atoms with van der Waals surface area (Å²) in [6.07, 6.45) is 6.83. The van der Waals surface area contributed by atoms with Gasteiger partial charge in [0.2, 0.25) is 0 Å². The van der Waals surface area contributed by atoms with Crippen molar-refractivity contribution in [1.29, 1.82) is 0 Å². The molecule has 3 N–H and O–H groups in total. The number of thiocarbonyl (C=S) groups is 1. The van der Waals surface area contributed by atoms with Crippen molar-refractivity contribution >= 4 is 17.2 Å². The van der Waals surface area contributed by atoms with Gasteiger partial charge in [0.15, 0.2) is 0 Å². The predicted octanol–water partition coefficient (Wildman–Crippen LogP) is 0.535. The second-order valence-electron chi connectivity index (χ2n) is 4.20. The fourth-order valence-corrected chi connectivity index (χ4v) is 2.11. The van der Waals surface area contributed by atoms with Gasteiger partial charge in [-0.3, -0.25) is 4.68 Å². The molecule has 0 bridgehead atoms. The molecule has 5 heteroatoms. The summed E-state index contributed by atoms with van der Waals surface area (Å²) in [4.78, 5) is 0.724. The first kappa shape index (κ1) is 11.3. The molecule has 86 valence electrons. The third kappa shape index (κ3) is 2.31. The zero-order valence-corrected chi connectivity index (χ0v) is 10.3. The average molecular weight is 236 g/mol. The minimum atomic E-state index is -0.155. The second kappa shape index (κ2) is 4.35. The van der Waals surface area contributed by atoms with Crippen molar-refractivity contribution in [2.45, 2.75) is 25.4 Å². The molecule has 0 fully saturated rings. The van der Waals surface area contributed by atoms with Crippen LogP contribution in [0, 0.1) is 0 Å². The van der Waals surface area contributed by atoms with Gasteiger partial charge in [0.25, 0.3) is 0 Å². The largest absolute Gasteiger partial charge is 0.372 e. The van der Waals surface area contributed by atoms with Crippen LogP contribution in [0.2, 0.25) is 0 Å². The molecule has 1 aliphatic heterocycles. The molecule has 16 heavy (non-hydrogen) atoms. The van der Waals surface area contributed by atoms with Gasteiger partial charge in [0.1, 0.15) is 0 Å². The summed E-state index contributed by atoms with van der Waals surface area (Å²) in [6.45, 7) is 2.10. The van der Waals surface area contributed by atoms with Crippen LogP contribution >= 0.6 is 12.2 Å².